The van der Waals surface area contributed by atoms with Crippen molar-refractivity contribution in [2.75, 3.05) is 0 Å². The summed E-state index contributed by atoms with van der Waals surface area (Å²) in [5.41, 5.74) is 3.02. The van der Waals surface area contributed by atoms with Gasteiger partial charge in [0.15, 0.2) is 0 Å². The van der Waals surface area contributed by atoms with Crippen LogP contribution in [0.15, 0.2) is 23.0 Å². The standard InChI is InChI=1S/C12H18O.C2H6/c1-9-4-5-11-10(8-9)6-7-12(2,3)13-11;1-2/h8H,4-7H2,1-3H3;1-2H3. The van der Waals surface area contributed by atoms with Crippen molar-refractivity contribution in [1.82, 2.24) is 0 Å². The van der Waals surface area contributed by atoms with Gasteiger partial charge in [-0.1, -0.05) is 25.5 Å². The van der Waals surface area contributed by atoms with E-state index < -0.39 is 0 Å². The molecule has 15 heavy (non-hydrogen) atoms. The first-order valence-electron chi connectivity index (χ1n) is 6.15. The summed E-state index contributed by atoms with van der Waals surface area (Å²) >= 11 is 0. The molecule has 1 heterocycles. The predicted octanol–water partition coefficient (Wildman–Crippen LogP) is 4.60. The van der Waals surface area contributed by atoms with Crippen LogP contribution in [0.25, 0.3) is 0 Å². The van der Waals surface area contributed by atoms with E-state index in [1.165, 1.54) is 29.7 Å². The summed E-state index contributed by atoms with van der Waals surface area (Å²) in [6, 6.07) is 0. The summed E-state index contributed by atoms with van der Waals surface area (Å²) in [5, 5.41) is 0. The largest absolute Gasteiger partial charge is 0.492 e. The van der Waals surface area contributed by atoms with Crippen molar-refractivity contribution >= 4 is 0 Å². The van der Waals surface area contributed by atoms with Crippen molar-refractivity contribution in [3.63, 3.8) is 0 Å². The number of rotatable bonds is 0. The van der Waals surface area contributed by atoms with Crippen LogP contribution >= 0.6 is 0 Å². The fourth-order valence-corrected chi connectivity index (χ4v) is 2.07. The maximum atomic E-state index is 5.96. The summed E-state index contributed by atoms with van der Waals surface area (Å²) in [4.78, 5) is 0. The first-order chi connectivity index (χ1) is 7.07. The maximum Gasteiger partial charge on any atom is 0.103 e. The highest BCUT2D eigenvalue weighted by atomic mass is 16.5. The highest BCUT2D eigenvalue weighted by molar-refractivity contribution is 5.32. The van der Waals surface area contributed by atoms with E-state index in [0.717, 1.165) is 12.8 Å². The number of hydrogen-bond acceptors (Lipinski definition) is 1. The molecular weight excluding hydrogens is 184 g/mol. The first kappa shape index (κ1) is 12.4. The molecule has 0 radical (unpaired) electrons. The molecule has 1 aliphatic carbocycles. The topological polar surface area (TPSA) is 9.23 Å². The van der Waals surface area contributed by atoms with Crippen molar-refractivity contribution in [2.45, 2.75) is 65.9 Å². The lowest BCUT2D eigenvalue weighted by molar-refractivity contribution is 0.00816. The fraction of sp³-hybridized carbons (Fsp3) is 0.714. The second kappa shape index (κ2) is 4.87. The van der Waals surface area contributed by atoms with Gasteiger partial charge in [0.2, 0.25) is 0 Å². The molecule has 0 saturated carbocycles. The lowest BCUT2D eigenvalue weighted by Crippen LogP contribution is -2.29. The van der Waals surface area contributed by atoms with Gasteiger partial charge in [-0.25, -0.2) is 0 Å². The maximum absolute atomic E-state index is 5.96. The molecule has 0 aromatic heterocycles. The molecule has 86 valence electrons. The average molecular weight is 208 g/mol. The van der Waals surface area contributed by atoms with Crippen LogP contribution in [0.5, 0.6) is 0 Å². The molecule has 0 spiro atoms. The van der Waals surface area contributed by atoms with Gasteiger partial charge >= 0.3 is 0 Å². The Hall–Kier alpha value is -0.720. The third-order valence-electron chi connectivity index (χ3n) is 2.92. The Bertz CT molecular complexity index is 282. The van der Waals surface area contributed by atoms with Crippen molar-refractivity contribution in [2.24, 2.45) is 0 Å². The second-order valence-electron chi connectivity index (χ2n) is 4.80. The van der Waals surface area contributed by atoms with E-state index >= 15 is 0 Å². The molecule has 1 nitrogen and oxygen atoms in total. The van der Waals surface area contributed by atoms with Gasteiger partial charge in [0.1, 0.15) is 11.4 Å². The van der Waals surface area contributed by atoms with Crippen LogP contribution in [0.3, 0.4) is 0 Å². The van der Waals surface area contributed by atoms with Crippen LogP contribution in [0.1, 0.15) is 60.3 Å². The van der Waals surface area contributed by atoms with Gasteiger partial charge in [-0.3, -0.25) is 0 Å². The van der Waals surface area contributed by atoms with E-state index in [-0.39, 0.29) is 5.60 Å². The number of hydrogen-bond donors (Lipinski definition) is 0. The SMILES string of the molecule is CC.CC1=CC2=C(CC1)OC(C)(C)CC2. The highest BCUT2D eigenvalue weighted by Crippen LogP contribution is 2.37. The average Bonchev–Trinajstić information content (AvgIpc) is 2.21. The monoisotopic (exact) mass is 208 g/mol. The van der Waals surface area contributed by atoms with Crippen LogP contribution in [0, 0.1) is 0 Å². The Morgan fingerprint density at radius 1 is 1.13 bits per heavy atom. The van der Waals surface area contributed by atoms with Crippen LogP contribution in [0.2, 0.25) is 0 Å². The second-order valence-corrected chi connectivity index (χ2v) is 4.80. The zero-order valence-electron chi connectivity index (χ0n) is 10.8. The van der Waals surface area contributed by atoms with Gasteiger partial charge in [-0.15, -0.1) is 0 Å². The van der Waals surface area contributed by atoms with E-state index in [4.69, 9.17) is 4.74 Å². The van der Waals surface area contributed by atoms with Gasteiger partial charge < -0.3 is 4.74 Å². The molecule has 1 heteroatoms. The molecule has 0 fully saturated rings. The van der Waals surface area contributed by atoms with Gasteiger partial charge in [-0.05, 0) is 45.6 Å². The van der Waals surface area contributed by atoms with Crippen molar-refractivity contribution in [3.8, 4) is 0 Å². The lowest BCUT2D eigenvalue weighted by Gasteiger charge is -2.35. The predicted molar refractivity (Wildman–Crippen MR) is 65.8 cm³/mol. The van der Waals surface area contributed by atoms with Gasteiger partial charge in [0.05, 0.1) is 0 Å². The Morgan fingerprint density at radius 2 is 1.80 bits per heavy atom. The van der Waals surface area contributed by atoms with E-state index in [1.807, 2.05) is 13.8 Å². The van der Waals surface area contributed by atoms with E-state index in [0.29, 0.717) is 0 Å². The summed E-state index contributed by atoms with van der Waals surface area (Å²) in [6.07, 6.45) is 6.94. The van der Waals surface area contributed by atoms with Gasteiger partial charge in [0.25, 0.3) is 0 Å². The number of allylic oxidation sites excluding steroid dienone is 4. The summed E-state index contributed by atoms with van der Waals surface area (Å²) in [5.74, 6) is 1.25. The summed E-state index contributed by atoms with van der Waals surface area (Å²) in [6.45, 7) is 10.6. The molecule has 0 aromatic carbocycles. The van der Waals surface area contributed by atoms with E-state index in [9.17, 15) is 0 Å². The zero-order chi connectivity index (χ0) is 11.5. The van der Waals surface area contributed by atoms with Crippen LogP contribution in [-0.2, 0) is 4.74 Å². The Kier molecular flexibility index (Phi) is 4.01. The Labute approximate surface area is 94.2 Å². The van der Waals surface area contributed by atoms with E-state index in [1.54, 1.807) is 0 Å². The van der Waals surface area contributed by atoms with Crippen LogP contribution in [-0.4, -0.2) is 5.60 Å². The molecule has 0 bridgehead atoms. The van der Waals surface area contributed by atoms with E-state index in [2.05, 4.69) is 26.8 Å². The molecular formula is C14H24O. The Balaban J connectivity index is 0.000000531. The molecule has 0 unspecified atom stereocenters. The Morgan fingerprint density at radius 3 is 2.47 bits per heavy atom. The summed E-state index contributed by atoms with van der Waals surface area (Å²) in [7, 11) is 0. The first-order valence-corrected chi connectivity index (χ1v) is 6.15. The smallest absolute Gasteiger partial charge is 0.103 e. The minimum absolute atomic E-state index is 0.0674. The quantitative estimate of drug-likeness (QED) is 0.565. The molecule has 1 aliphatic heterocycles. The summed E-state index contributed by atoms with van der Waals surface area (Å²) < 4.78 is 5.96. The minimum atomic E-state index is 0.0674. The van der Waals surface area contributed by atoms with Crippen LogP contribution in [0.4, 0.5) is 0 Å². The van der Waals surface area contributed by atoms with Crippen molar-refractivity contribution < 1.29 is 4.74 Å². The third kappa shape index (κ3) is 3.12. The molecule has 2 aliphatic rings. The molecule has 0 aromatic rings. The molecule has 0 saturated heterocycles. The highest BCUT2D eigenvalue weighted by Gasteiger charge is 2.28. The molecule has 0 N–H and O–H groups in total. The molecule has 2 rings (SSSR count). The van der Waals surface area contributed by atoms with Gasteiger partial charge in [0, 0.05) is 6.42 Å². The molecule has 0 atom stereocenters. The zero-order valence-corrected chi connectivity index (χ0v) is 10.8. The van der Waals surface area contributed by atoms with Crippen LogP contribution < -0.4 is 0 Å². The van der Waals surface area contributed by atoms with Gasteiger partial charge in [-0.2, -0.15) is 0 Å². The van der Waals surface area contributed by atoms with Crippen molar-refractivity contribution in [3.05, 3.63) is 23.0 Å². The fourth-order valence-electron chi connectivity index (χ4n) is 2.07. The number of ether oxygens (including phenoxy) is 1. The minimum Gasteiger partial charge on any atom is -0.492 e. The van der Waals surface area contributed by atoms with Crippen molar-refractivity contribution in [1.29, 1.82) is 0 Å². The third-order valence-corrected chi connectivity index (χ3v) is 2.92. The normalized spacial score (nSPS) is 23.1. The molecule has 0 amide bonds. The lowest BCUT2D eigenvalue weighted by atomic mass is 9.89.